The molecule has 6 amide bonds. The number of phosphoric acid groups is 1. The van der Waals surface area contributed by atoms with Gasteiger partial charge in [-0.15, -0.1) is 0 Å². The van der Waals surface area contributed by atoms with Gasteiger partial charge < -0.3 is 60.7 Å². The third-order valence-electron chi connectivity index (χ3n) is 10.4. The van der Waals surface area contributed by atoms with Crippen molar-refractivity contribution in [1.82, 2.24) is 40.9 Å². The van der Waals surface area contributed by atoms with Crippen LogP contribution in [0.25, 0.3) is 11.3 Å². The molecule has 0 saturated carbocycles. The number of aryl methyl sites for hydroxylation is 1. The number of nitrogens with two attached hydrogens (primary N) is 1. The van der Waals surface area contributed by atoms with E-state index in [1.54, 1.807) is 22.8 Å². The molecule has 25 heteroatoms. The van der Waals surface area contributed by atoms with Crippen LogP contribution in [-0.4, -0.2) is 132 Å². The van der Waals surface area contributed by atoms with Crippen molar-refractivity contribution < 1.29 is 66.5 Å². The Morgan fingerprint density at radius 1 is 1.00 bits per heavy atom. The molecule has 6 atom stereocenters. The third-order valence-corrected chi connectivity index (χ3v) is 11.0. The summed E-state index contributed by atoms with van der Waals surface area (Å²) in [5, 5.41) is 27.9. The second-order valence-corrected chi connectivity index (χ2v) is 17.3. The van der Waals surface area contributed by atoms with Crippen molar-refractivity contribution in [2.45, 2.75) is 115 Å². The lowest BCUT2D eigenvalue weighted by Gasteiger charge is -2.28. The Labute approximate surface area is 379 Å². The van der Waals surface area contributed by atoms with E-state index >= 15 is 0 Å². The number of carbonyl (C=O) groups is 6. The molecule has 1 aliphatic heterocycles. The number of amides is 6. The Bertz CT molecular complexity index is 2200. The number of nitrogens with zero attached hydrogens (tertiary/aromatic N) is 5. The SMILES string of the molecule is CC(=O)N1CCC[C@H]1C(=O)N[C@@H](CC(C)C)C(=O)N[C@@H](Cc1cncn1CCCCCO/N=C/c1cc(-c2ccc(F)cc2)on1)C(=O)N[C@@H](CO)C(=O)N[C@H](C(N)=O)[C@@H](C)OP(=O)(O)O. The summed E-state index contributed by atoms with van der Waals surface area (Å²) in [7, 11) is -5.14. The molecular weight excluding hydrogens is 890 g/mol. The molecule has 1 aliphatic rings. The normalized spacial score (nSPS) is 16.3. The number of oxime groups is 1. The molecule has 0 aliphatic carbocycles. The number of unbranched alkanes of at least 4 members (excludes halogenated alkanes) is 2. The van der Waals surface area contributed by atoms with Crippen LogP contribution in [0.15, 0.2) is 52.5 Å². The molecule has 1 aromatic carbocycles. The van der Waals surface area contributed by atoms with Crippen LogP contribution in [-0.2, 0) is 55.7 Å². The van der Waals surface area contributed by atoms with Crippen LogP contribution in [0.5, 0.6) is 0 Å². The fraction of sp³-hybridized carbons (Fsp3) is 0.537. The first-order valence-electron chi connectivity index (χ1n) is 21.3. The molecule has 9 N–H and O–H groups in total. The predicted octanol–water partition coefficient (Wildman–Crippen LogP) is 0.412. The van der Waals surface area contributed by atoms with Crippen molar-refractivity contribution >= 4 is 49.5 Å². The van der Waals surface area contributed by atoms with Gasteiger partial charge in [-0.05, 0) is 75.6 Å². The molecule has 66 heavy (non-hydrogen) atoms. The minimum absolute atomic E-state index is 0.118. The van der Waals surface area contributed by atoms with Crippen molar-refractivity contribution in [3.8, 4) is 11.3 Å². The second-order valence-electron chi connectivity index (χ2n) is 16.1. The number of nitrogens with one attached hydrogen (secondary N) is 4. The van der Waals surface area contributed by atoms with Gasteiger partial charge in [0.2, 0.25) is 35.4 Å². The first-order valence-corrected chi connectivity index (χ1v) is 22.8. The summed E-state index contributed by atoms with van der Waals surface area (Å²) in [6.07, 6.45) is 5.64. The lowest BCUT2D eigenvalue weighted by atomic mass is 10.0. The van der Waals surface area contributed by atoms with E-state index in [1.807, 2.05) is 13.8 Å². The van der Waals surface area contributed by atoms with Gasteiger partial charge in [0.05, 0.1) is 25.3 Å². The number of aromatic nitrogens is 3. The molecule has 0 spiro atoms. The Hall–Kier alpha value is -6.07. The van der Waals surface area contributed by atoms with E-state index in [-0.39, 0.29) is 37.1 Å². The summed E-state index contributed by atoms with van der Waals surface area (Å²) < 4.78 is 36.2. The van der Waals surface area contributed by atoms with Crippen molar-refractivity contribution in [3.63, 3.8) is 0 Å². The maximum Gasteiger partial charge on any atom is 0.469 e. The van der Waals surface area contributed by atoms with Gasteiger partial charge in [-0.2, -0.15) is 0 Å². The molecule has 362 valence electrons. The number of primary amides is 1. The number of phosphoric ester groups is 1. The first-order chi connectivity index (χ1) is 31.3. The molecule has 0 unspecified atom stereocenters. The Balaban J connectivity index is 1.43. The van der Waals surface area contributed by atoms with Crippen LogP contribution < -0.4 is 27.0 Å². The van der Waals surface area contributed by atoms with Crippen LogP contribution >= 0.6 is 7.82 Å². The Kier molecular flexibility index (Phi) is 19.9. The zero-order valence-electron chi connectivity index (χ0n) is 37.0. The number of hydrogen-bond donors (Lipinski definition) is 8. The van der Waals surface area contributed by atoms with Crippen LogP contribution in [0, 0.1) is 11.7 Å². The molecule has 1 fully saturated rings. The summed E-state index contributed by atoms with van der Waals surface area (Å²) in [5.74, 6) is -5.02. The zero-order chi connectivity index (χ0) is 48.6. The molecule has 0 bridgehead atoms. The molecule has 3 heterocycles. The fourth-order valence-electron chi connectivity index (χ4n) is 7.08. The van der Waals surface area contributed by atoms with E-state index in [1.165, 1.54) is 42.7 Å². The number of halogens is 1. The zero-order valence-corrected chi connectivity index (χ0v) is 37.9. The number of aliphatic hydroxyl groups excluding tert-OH is 1. The number of carbonyl (C=O) groups excluding carboxylic acids is 6. The average molecular weight is 949 g/mol. The maximum atomic E-state index is 14.0. The number of aliphatic hydroxyl groups is 1. The van der Waals surface area contributed by atoms with Crippen LogP contribution in [0.1, 0.15) is 77.6 Å². The monoisotopic (exact) mass is 948 g/mol. The van der Waals surface area contributed by atoms with Gasteiger partial charge in [0.1, 0.15) is 48.3 Å². The van der Waals surface area contributed by atoms with Gasteiger partial charge in [-0.25, -0.2) is 13.9 Å². The molecular formula is C41H58FN10O13P. The standard InChI is InChI=1S/C41H58FN10O13P/c1-24(2)17-31(47-41(59)34-9-8-15-52(34)26(4)54)38(56)46-32(39(57)48-33(22-53)40(58)49-36(37(43)55)25(3)65-66(60,61)62)19-30-21-44-23-51(30)14-6-5-7-16-63-45-20-29-18-35(64-50-29)27-10-12-28(42)13-11-27/h10-13,18,20-21,23-25,31-34,36,53H,5-9,14-17,19,22H2,1-4H3,(H2,43,55)(H,46,56)(H,47,59)(H,48,57)(H,49,58)(H2,60,61,62)/b45-20+/t25-,31+,32+,33+,34+,36+/m1/s1. The number of hydrogen-bond acceptors (Lipinski definition) is 14. The van der Waals surface area contributed by atoms with E-state index in [9.17, 15) is 52.6 Å². The highest BCUT2D eigenvalue weighted by Crippen LogP contribution is 2.38. The van der Waals surface area contributed by atoms with E-state index in [4.69, 9.17) is 15.1 Å². The fourth-order valence-corrected chi connectivity index (χ4v) is 7.64. The van der Waals surface area contributed by atoms with Gasteiger partial charge >= 0.3 is 7.82 Å². The quantitative estimate of drug-likeness (QED) is 0.0234. The van der Waals surface area contributed by atoms with Crippen molar-refractivity contribution in [2.75, 3.05) is 19.8 Å². The lowest BCUT2D eigenvalue weighted by molar-refractivity contribution is -0.139. The Morgan fingerprint density at radius 3 is 2.33 bits per heavy atom. The predicted molar refractivity (Wildman–Crippen MR) is 232 cm³/mol. The molecule has 0 radical (unpaired) electrons. The second kappa shape index (κ2) is 25.0. The van der Waals surface area contributed by atoms with Gasteiger partial charge in [0, 0.05) is 50.0 Å². The van der Waals surface area contributed by atoms with Crippen LogP contribution in [0.2, 0.25) is 0 Å². The van der Waals surface area contributed by atoms with Crippen LogP contribution in [0.4, 0.5) is 4.39 Å². The molecule has 23 nitrogen and oxygen atoms in total. The van der Waals surface area contributed by atoms with Crippen LogP contribution in [0.3, 0.4) is 0 Å². The number of rotatable bonds is 26. The highest BCUT2D eigenvalue weighted by Gasteiger charge is 2.37. The van der Waals surface area contributed by atoms with Gasteiger partial charge in [-0.3, -0.25) is 33.3 Å². The van der Waals surface area contributed by atoms with E-state index in [0.29, 0.717) is 67.9 Å². The minimum Gasteiger partial charge on any atom is -0.396 e. The Morgan fingerprint density at radius 2 is 1.68 bits per heavy atom. The maximum absolute atomic E-state index is 14.0. The number of imidazole rings is 1. The van der Waals surface area contributed by atoms with Gasteiger partial charge in [0.15, 0.2) is 5.76 Å². The van der Waals surface area contributed by atoms with Gasteiger partial charge in [-0.1, -0.05) is 24.2 Å². The van der Waals surface area contributed by atoms with Crippen molar-refractivity contribution in [3.05, 3.63) is 60.1 Å². The van der Waals surface area contributed by atoms with E-state index < -0.39 is 80.3 Å². The van der Waals surface area contributed by atoms with Crippen molar-refractivity contribution in [1.29, 1.82) is 0 Å². The summed E-state index contributed by atoms with van der Waals surface area (Å²) in [4.78, 5) is 109. The molecule has 2 aromatic heterocycles. The number of likely N-dealkylation sites (tertiary alicyclic amines) is 1. The lowest BCUT2D eigenvalue weighted by Crippen LogP contribution is -2.61. The summed E-state index contributed by atoms with van der Waals surface area (Å²) in [6.45, 7) is 6.13. The molecule has 3 aromatic rings. The molecule has 4 rings (SSSR count). The highest BCUT2D eigenvalue weighted by atomic mass is 31.2. The largest absolute Gasteiger partial charge is 0.469 e. The summed E-state index contributed by atoms with van der Waals surface area (Å²) in [6, 6.07) is 0.412. The van der Waals surface area contributed by atoms with E-state index in [2.05, 4.69) is 41.1 Å². The number of benzene rings is 1. The summed E-state index contributed by atoms with van der Waals surface area (Å²) >= 11 is 0. The topological polar surface area (TPSA) is 332 Å². The van der Waals surface area contributed by atoms with E-state index in [0.717, 1.165) is 6.92 Å². The smallest absolute Gasteiger partial charge is 0.396 e. The van der Waals surface area contributed by atoms with Crippen molar-refractivity contribution in [2.24, 2.45) is 16.8 Å². The average Bonchev–Trinajstić information content (AvgIpc) is 4.04. The summed E-state index contributed by atoms with van der Waals surface area (Å²) in [5.41, 5.74) is 6.88. The highest BCUT2D eigenvalue weighted by molar-refractivity contribution is 7.46. The molecule has 1 saturated heterocycles. The first kappa shape index (κ1) is 52.6. The van der Waals surface area contributed by atoms with Gasteiger partial charge in [0.25, 0.3) is 0 Å². The minimum atomic E-state index is -5.14. The third kappa shape index (κ3) is 16.4.